The predicted octanol–water partition coefficient (Wildman–Crippen LogP) is 1.74. The molecule has 0 atom stereocenters. The normalized spacial score (nSPS) is 23.6. The van der Waals surface area contributed by atoms with E-state index in [2.05, 4.69) is 16.8 Å². The van der Waals surface area contributed by atoms with Crippen LogP contribution < -0.4 is 5.32 Å². The first-order valence-corrected chi connectivity index (χ1v) is 7.93. The summed E-state index contributed by atoms with van der Waals surface area (Å²) < 4.78 is 38.2. The molecular formula is C15H24F3N3O2. The lowest BCUT2D eigenvalue weighted by Crippen LogP contribution is -2.57. The van der Waals surface area contributed by atoms with Crippen LogP contribution in [0, 0.1) is 0 Å². The average Bonchev–Trinajstić information content (AvgIpc) is 2.49. The van der Waals surface area contributed by atoms with E-state index in [1.165, 1.54) is 4.90 Å². The van der Waals surface area contributed by atoms with Gasteiger partial charge in [0.1, 0.15) is 0 Å². The van der Waals surface area contributed by atoms with Crippen molar-refractivity contribution in [3.63, 3.8) is 0 Å². The summed E-state index contributed by atoms with van der Waals surface area (Å²) in [6, 6.07) is -0.289. The third kappa shape index (κ3) is 4.38. The van der Waals surface area contributed by atoms with Gasteiger partial charge < -0.3 is 15.3 Å². The van der Waals surface area contributed by atoms with Crippen molar-refractivity contribution in [3.05, 3.63) is 12.7 Å². The monoisotopic (exact) mass is 335 g/mol. The largest absolute Gasteiger partial charge is 0.417 e. The number of hydrogen-bond acceptors (Lipinski definition) is 3. The van der Waals surface area contributed by atoms with Gasteiger partial charge in [0.2, 0.25) is 0 Å². The molecule has 2 aliphatic rings. The summed E-state index contributed by atoms with van der Waals surface area (Å²) in [5, 5.41) is 12.5. The molecule has 2 saturated heterocycles. The van der Waals surface area contributed by atoms with Crippen LogP contribution in [-0.2, 0) is 0 Å². The summed E-state index contributed by atoms with van der Waals surface area (Å²) in [4.78, 5) is 15.7. The Kier molecular flexibility index (Phi) is 5.57. The number of carbonyl (C=O) groups is 1. The Morgan fingerprint density at radius 2 is 1.83 bits per heavy atom. The smallest absolute Gasteiger partial charge is 0.380 e. The SMILES string of the molecule is C=CCN1CCC(NC(=O)N2CCC(O)(C(F)(F)F)CC2)CC1. The van der Waals surface area contributed by atoms with E-state index in [0.717, 1.165) is 32.5 Å². The molecule has 0 spiro atoms. The highest BCUT2D eigenvalue weighted by molar-refractivity contribution is 5.74. The first-order chi connectivity index (χ1) is 10.7. The molecule has 0 aromatic rings. The highest BCUT2D eigenvalue weighted by Crippen LogP contribution is 2.38. The van der Waals surface area contributed by atoms with Gasteiger partial charge in [-0.3, -0.25) is 4.90 Å². The summed E-state index contributed by atoms with van der Waals surface area (Å²) in [7, 11) is 0. The van der Waals surface area contributed by atoms with Crippen LogP contribution in [0.1, 0.15) is 25.7 Å². The molecule has 2 amide bonds. The van der Waals surface area contributed by atoms with Crippen LogP contribution in [0.4, 0.5) is 18.0 Å². The summed E-state index contributed by atoms with van der Waals surface area (Å²) >= 11 is 0. The fourth-order valence-corrected chi connectivity index (χ4v) is 3.07. The molecule has 132 valence electrons. The second kappa shape index (κ2) is 7.09. The number of amides is 2. The van der Waals surface area contributed by atoms with Gasteiger partial charge in [0, 0.05) is 51.6 Å². The van der Waals surface area contributed by atoms with E-state index in [0.29, 0.717) is 0 Å². The van der Waals surface area contributed by atoms with Gasteiger partial charge >= 0.3 is 12.2 Å². The number of halogens is 3. The molecule has 2 aliphatic heterocycles. The lowest BCUT2D eigenvalue weighted by atomic mass is 9.91. The molecule has 0 aromatic heterocycles. The number of urea groups is 1. The molecule has 2 fully saturated rings. The van der Waals surface area contributed by atoms with E-state index in [1.807, 2.05) is 6.08 Å². The molecule has 2 N–H and O–H groups in total. The molecule has 0 radical (unpaired) electrons. The highest BCUT2D eigenvalue weighted by atomic mass is 19.4. The third-order valence-corrected chi connectivity index (χ3v) is 4.71. The summed E-state index contributed by atoms with van der Waals surface area (Å²) in [5.74, 6) is 0. The summed E-state index contributed by atoms with van der Waals surface area (Å²) in [6.07, 6.45) is -2.11. The predicted molar refractivity (Wildman–Crippen MR) is 80.0 cm³/mol. The zero-order valence-electron chi connectivity index (χ0n) is 13.1. The Hall–Kier alpha value is -1.28. The lowest BCUT2D eigenvalue weighted by Gasteiger charge is -2.40. The van der Waals surface area contributed by atoms with Crippen molar-refractivity contribution in [2.45, 2.75) is 43.5 Å². The molecular weight excluding hydrogens is 311 g/mol. The standard InChI is InChI=1S/C15H24F3N3O2/c1-2-7-20-8-3-12(4-9-20)19-13(22)21-10-5-14(23,6-11-21)15(16,17)18/h2,12,23H,1,3-11H2,(H,19,22). The number of aliphatic hydroxyl groups is 1. The minimum Gasteiger partial charge on any atom is -0.380 e. The molecule has 2 heterocycles. The molecule has 5 nitrogen and oxygen atoms in total. The second-order valence-electron chi connectivity index (χ2n) is 6.33. The first kappa shape index (κ1) is 18.1. The van der Waals surface area contributed by atoms with Crippen molar-refractivity contribution in [2.75, 3.05) is 32.7 Å². The fraction of sp³-hybridized carbons (Fsp3) is 0.800. The van der Waals surface area contributed by atoms with Crippen molar-refractivity contribution >= 4 is 6.03 Å². The highest BCUT2D eigenvalue weighted by Gasteiger charge is 2.54. The van der Waals surface area contributed by atoms with Crippen molar-refractivity contribution in [1.82, 2.24) is 15.1 Å². The average molecular weight is 335 g/mol. The van der Waals surface area contributed by atoms with E-state index in [4.69, 9.17) is 0 Å². The molecule has 0 aromatic carbocycles. The molecule has 23 heavy (non-hydrogen) atoms. The third-order valence-electron chi connectivity index (χ3n) is 4.71. The van der Waals surface area contributed by atoms with Gasteiger partial charge in [0.25, 0.3) is 0 Å². The van der Waals surface area contributed by atoms with Crippen molar-refractivity contribution < 1.29 is 23.1 Å². The molecule has 0 aliphatic carbocycles. The van der Waals surface area contributed by atoms with Gasteiger partial charge in [-0.05, 0) is 12.8 Å². The Labute approximate surface area is 134 Å². The molecule has 0 unspecified atom stereocenters. The summed E-state index contributed by atoms with van der Waals surface area (Å²) in [6.45, 7) is 6.08. The zero-order valence-corrected chi connectivity index (χ0v) is 13.1. The van der Waals surface area contributed by atoms with Crippen LogP contribution in [0.5, 0.6) is 0 Å². The maximum atomic E-state index is 12.7. The van der Waals surface area contributed by atoms with Crippen molar-refractivity contribution in [3.8, 4) is 0 Å². The number of nitrogens with one attached hydrogen (secondary N) is 1. The van der Waals surface area contributed by atoms with Gasteiger partial charge in [0.05, 0.1) is 0 Å². The number of nitrogens with zero attached hydrogens (tertiary/aromatic N) is 2. The van der Waals surface area contributed by atoms with E-state index in [-0.39, 0.29) is 25.2 Å². The van der Waals surface area contributed by atoms with E-state index in [1.54, 1.807) is 0 Å². The summed E-state index contributed by atoms with van der Waals surface area (Å²) in [5.41, 5.74) is -2.67. The van der Waals surface area contributed by atoms with Crippen LogP contribution in [0.15, 0.2) is 12.7 Å². The van der Waals surface area contributed by atoms with E-state index in [9.17, 15) is 23.1 Å². The molecule has 0 bridgehead atoms. The maximum absolute atomic E-state index is 12.7. The van der Waals surface area contributed by atoms with Gasteiger partial charge in [-0.1, -0.05) is 6.08 Å². The zero-order chi connectivity index (χ0) is 17.1. The van der Waals surface area contributed by atoms with E-state index < -0.39 is 24.6 Å². The van der Waals surface area contributed by atoms with Crippen molar-refractivity contribution in [2.24, 2.45) is 0 Å². The number of carbonyl (C=O) groups excluding carboxylic acids is 1. The fourth-order valence-electron chi connectivity index (χ4n) is 3.07. The topological polar surface area (TPSA) is 55.8 Å². The number of alkyl halides is 3. The number of piperidine rings is 2. The number of rotatable bonds is 3. The number of likely N-dealkylation sites (tertiary alicyclic amines) is 2. The van der Waals surface area contributed by atoms with Crippen LogP contribution in [-0.4, -0.2) is 71.5 Å². The minimum absolute atomic E-state index is 0.0481. The first-order valence-electron chi connectivity index (χ1n) is 7.93. The molecule has 2 rings (SSSR count). The van der Waals surface area contributed by atoms with Gasteiger partial charge in [-0.2, -0.15) is 13.2 Å². The van der Waals surface area contributed by atoms with Crippen LogP contribution in [0.3, 0.4) is 0 Å². The number of hydrogen-bond donors (Lipinski definition) is 2. The Balaban J connectivity index is 1.77. The van der Waals surface area contributed by atoms with Crippen LogP contribution in [0.2, 0.25) is 0 Å². The Morgan fingerprint density at radius 3 is 2.30 bits per heavy atom. The van der Waals surface area contributed by atoms with E-state index >= 15 is 0 Å². The lowest BCUT2D eigenvalue weighted by molar-refractivity contribution is -0.271. The van der Waals surface area contributed by atoms with Gasteiger partial charge in [-0.25, -0.2) is 4.79 Å². The minimum atomic E-state index is -4.65. The maximum Gasteiger partial charge on any atom is 0.417 e. The van der Waals surface area contributed by atoms with Crippen molar-refractivity contribution in [1.29, 1.82) is 0 Å². The molecule has 8 heteroatoms. The Morgan fingerprint density at radius 1 is 1.26 bits per heavy atom. The van der Waals surface area contributed by atoms with Crippen LogP contribution in [0.25, 0.3) is 0 Å². The Bertz CT molecular complexity index is 426. The molecule has 0 saturated carbocycles. The van der Waals surface area contributed by atoms with Crippen LogP contribution >= 0.6 is 0 Å². The van der Waals surface area contributed by atoms with Gasteiger partial charge in [0.15, 0.2) is 5.60 Å². The second-order valence-corrected chi connectivity index (χ2v) is 6.33. The quantitative estimate of drug-likeness (QED) is 0.773. The van der Waals surface area contributed by atoms with Gasteiger partial charge in [-0.15, -0.1) is 6.58 Å².